The van der Waals surface area contributed by atoms with E-state index in [1.54, 1.807) is 12.1 Å². The van der Waals surface area contributed by atoms with Crippen molar-refractivity contribution in [2.45, 2.75) is 52.6 Å². The molecule has 2 N–H and O–H groups in total. The molecule has 1 aromatic carbocycles. The van der Waals surface area contributed by atoms with Gasteiger partial charge >= 0.3 is 0 Å². The van der Waals surface area contributed by atoms with Gasteiger partial charge in [-0.3, -0.25) is 4.90 Å². The summed E-state index contributed by atoms with van der Waals surface area (Å²) in [5, 5.41) is 0. The number of nitrogens with zero attached hydrogens (tertiary/aromatic N) is 1. The van der Waals surface area contributed by atoms with Crippen LogP contribution in [0.25, 0.3) is 0 Å². The van der Waals surface area contributed by atoms with Crippen LogP contribution in [0.1, 0.15) is 40.2 Å². The summed E-state index contributed by atoms with van der Waals surface area (Å²) in [6.07, 6.45) is 0.770. The molecular formula is C17H29FN2. The van der Waals surface area contributed by atoms with Crippen molar-refractivity contribution in [2.75, 3.05) is 13.1 Å². The zero-order chi connectivity index (χ0) is 15.3. The van der Waals surface area contributed by atoms with Crippen LogP contribution >= 0.6 is 0 Å². The number of hydrogen-bond acceptors (Lipinski definition) is 2. The molecule has 0 aliphatic carbocycles. The third-order valence-electron chi connectivity index (χ3n) is 3.79. The predicted octanol–water partition coefficient (Wildman–Crippen LogP) is 3.45. The monoisotopic (exact) mass is 280 g/mol. The summed E-state index contributed by atoms with van der Waals surface area (Å²) < 4.78 is 13.4. The van der Waals surface area contributed by atoms with Crippen LogP contribution in [0.4, 0.5) is 4.39 Å². The molecule has 0 aliphatic rings. The second-order valence-electron chi connectivity index (χ2n) is 6.65. The lowest BCUT2D eigenvalue weighted by molar-refractivity contribution is 0.0628. The van der Waals surface area contributed by atoms with Crippen molar-refractivity contribution in [2.24, 2.45) is 11.7 Å². The molecule has 0 amide bonds. The first-order valence-corrected chi connectivity index (χ1v) is 7.49. The maximum atomic E-state index is 13.4. The first kappa shape index (κ1) is 17.1. The van der Waals surface area contributed by atoms with Crippen LogP contribution in [-0.4, -0.2) is 29.6 Å². The van der Waals surface area contributed by atoms with Crippen LogP contribution in [0.2, 0.25) is 0 Å². The summed E-state index contributed by atoms with van der Waals surface area (Å²) in [7, 11) is 0. The Kier molecular flexibility index (Phi) is 6.15. The van der Waals surface area contributed by atoms with E-state index in [9.17, 15) is 4.39 Å². The second kappa shape index (κ2) is 7.19. The molecule has 1 aromatic rings. The Morgan fingerprint density at radius 3 is 2.35 bits per heavy atom. The summed E-state index contributed by atoms with van der Waals surface area (Å²) in [5.41, 5.74) is 6.93. The standard InChI is InChI=1S/C17H29FN2/c1-13(2)11-20(14(3)4)17(5,12-19)10-15-7-6-8-16(18)9-15/h6-9,13-14H,10-12,19H2,1-5H3. The van der Waals surface area contributed by atoms with Gasteiger partial charge in [-0.1, -0.05) is 26.0 Å². The van der Waals surface area contributed by atoms with Gasteiger partial charge in [-0.2, -0.15) is 0 Å². The molecule has 0 aromatic heterocycles. The van der Waals surface area contributed by atoms with Gasteiger partial charge in [0.1, 0.15) is 5.82 Å². The quantitative estimate of drug-likeness (QED) is 0.829. The summed E-state index contributed by atoms with van der Waals surface area (Å²) in [4.78, 5) is 2.45. The average molecular weight is 280 g/mol. The molecule has 0 saturated heterocycles. The van der Waals surface area contributed by atoms with Crippen molar-refractivity contribution < 1.29 is 4.39 Å². The molecule has 20 heavy (non-hydrogen) atoms. The molecule has 1 atom stereocenters. The molecule has 0 spiro atoms. The largest absolute Gasteiger partial charge is 0.329 e. The summed E-state index contributed by atoms with van der Waals surface area (Å²) in [6, 6.07) is 7.26. The lowest BCUT2D eigenvalue weighted by Gasteiger charge is -2.44. The van der Waals surface area contributed by atoms with Crippen LogP contribution in [0.15, 0.2) is 24.3 Å². The minimum atomic E-state index is -0.179. The van der Waals surface area contributed by atoms with Gasteiger partial charge in [0.05, 0.1) is 0 Å². The van der Waals surface area contributed by atoms with Gasteiger partial charge in [0.25, 0.3) is 0 Å². The predicted molar refractivity (Wildman–Crippen MR) is 84.2 cm³/mol. The van der Waals surface area contributed by atoms with Crippen LogP contribution in [0, 0.1) is 11.7 Å². The van der Waals surface area contributed by atoms with Gasteiger partial charge in [-0.15, -0.1) is 0 Å². The highest BCUT2D eigenvalue weighted by atomic mass is 19.1. The van der Waals surface area contributed by atoms with Crippen molar-refractivity contribution in [1.29, 1.82) is 0 Å². The van der Waals surface area contributed by atoms with E-state index in [-0.39, 0.29) is 11.4 Å². The van der Waals surface area contributed by atoms with Crippen molar-refractivity contribution in [3.63, 3.8) is 0 Å². The third kappa shape index (κ3) is 4.57. The molecule has 114 valence electrons. The van der Waals surface area contributed by atoms with E-state index in [0.717, 1.165) is 18.5 Å². The van der Waals surface area contributed by atoms with Gasteiger partial charge in [0.15, 0.2) is 0 Å². The van der Waals surface area contributed by atoms with Gasteiger partial charge < -0.3 is 5.73 Å². The first-order valence-electron chi connectivity index (χ1n) is 7.49. The molecule has 3 heteroatoms. The Hall–Kier alpha value is -0.930. The fraction of sp³-hybridized carbons (Fsp3) is 0.647. The van der Waals surface area contributed by atoms with Crippen molar-refractivity contribution >= 4 is 0 Å². The van der Waals surface area contributed by atoms with Crippen LogP contribution in [0.3, 0.4) is 0 Å². The number of hydrogen-bond donors (Lipinski definition) is 1. The van der Waals surface area contributed by atoms with Gasteiger partial charge in [-0.25, -0.2) is 4.39 Å². The Bertz CT molecular complexity index is 417. The molecule has 2 nitrogen and oxygen atoms in total. The SMILES string of the molecule is CC(C)CN(C(C)C)C(C)(CN)Cc1cccc(F)c1. The molecule has 0 heterocycles. The number of rotatable bonds is 7. The van der Waals surface area contributed by atoms with Crippen LogP contribution in [0.5, 0.6) is 0 Å². The Labute approximate surface area is 123 Å². The van der Waals surface area contributed by atoms with E-state index in [1.165, 1.54) is 6.07 Å². The van der Waals surface area contributed by atoms with Gasteiger partial charge in [0.2, 0.25) is 0 Å². The molecule has 0 radical (unpaired) electrons. The number of halogens is 1. The van der Waals surface area contributed by atoms with E-state index >= 15 is 0 Å². The van der Waals surface area contributed by atoms with Crippen molar-refractivity contribution in [1.82, 2.24) is 4.90 Å². The molecular weight excluding hydrogens is 251 g/mol. The van der Waals surface area contributed by atoms with Gasteiger partial charge in [-0.05, 0) is 50.8 Å². The molecule has 0 aliphatic heterocycles. The maximum Gasteiger partial charge on any atom is 0.123 e. The Morgan fingerprint density at radius 2 is 1.90 bits per heavy atom. The molecule has 0 bridgehead atoms. The van der Waals surface area contributed by atoms with Crippen LogP contribution < -0.4 is 5.73 Å². The van der Waals surface area contributed by atoms with E-state index in [1.807, 2.05) is 6.07 Å². The fourth-order valence-corrected chi connectivity index (χ4v) is 2.83. The zero-order valence-electron chi connectivity index (χ0n) is 13.5. The summed E-state index contributed by atoms with van der Waals surface area (Å²) in [5.74, 6) is 0.401. The molecule has 0 fully saturated rings. The number of nitrogens with two attached hydrogens (primary N) is 1. The average Bonchev–Trinajstić information content (AvgIpc) is 2.35. The highest BCUT2D eigenvalue weighted by Gasteiger charge is 2.32. The Balaban J connectivity index is 2.98. The normalized spacial score (nSPS) is 15.1. The van der Waals surface area contributed by atoms with E-state index < -0.39 is 0 Å². The Morgan fingerprint density at radius 1 is 1.25 bits per heavy atom. The smallest absolute Gasteiger partial charge is 0.123 e. The van der Waals surface area contributed by atoms with Crippen molar-refractivity contribution in [3.8, 4) is 0 Å². The number of benzene rings is 1. The van der Waals surface area contributed by atoms with Gasteiger partial charge in [0, 0.05) is 24.7 Å². The minimum Gasteiger partial charge on any atom is -0.329 e. The molecule has 0 saturated carbocycles. The summed E-state index contributed by atoms with van der Waals surface area (Å²) >= 11 is 0. The first-order chi connectivity index (χ1) is 9.28. The van der Waals surface area contributed by atoms with E-state index in [4.69, 9.17) is 5.73 Å². The van der Waals surface area contributed by atoms with Crippen molar-refractivity contribution in [3.05, 3.63) is 35.6 Å². The maximum absolute atomic E-state index is 13.4. The molecule has 1 unspecified atom stereocenters. The highest BCUT2D eigenvalue weighted by molar-refractivity contribution is 5.19. The zero-order valence-corrected chi connectivity index (χ0v) is 13.5. The fourth-order valence-electron chi connectivity index (χ4n) is 2.83. The minimum absolute atomic E-state index is 0.147. The second-order valence-corrected chi connectivity index (χ2v) is 6.65. The lowest BCUT2D eigenvalue weighted by atomic mass is 9.88. The van der Waals surface area contributed by atoms with E-state index in [2.05, 4.69) is 39.5 Å². The highest BCUT2D eigenvalue weighted by Crippen LogP contribution is 2.24. The third-order valence-corrected chi connectivity index (χ3v) is 3.79. The van der Waals surface area contributed by atoms with E-state index in [0.29, 0.717) is 18.5 Å². The van der Waals surface area contributed by atoms with Crippen LogP contribution in [-0.2, 0) is 6.42 Å². The topological polar surface area (TPSA) is 29.3 Å². The summed E-state index contributed by atoms with van der Waals surface area (Å²) in [6.45, 7) is 12.6. The molecule has 1 rings (SSSR count). The lowest BCUT2D eigenvalue weighted by Crippen LogP contribution is -2.57.